The van der Waals surface area contributed by atoms with Crippen LogP contribution < -0.4 is 10.1 Å². The highest BCUT2D eigenvalue weighted by atomic mass is 16.6. The van der Waals surface area contributed by atoms with Crippen molar-refractivity contribution in [1.82, 2.24) is 19.8 Å². The number of methoxy groups -OCH3 is 1. The van der Waals surface area contributed by atoms with Gasteiger partial charge >= 0.3 is 0 Å². The molecule has 0 aliphatic carbocycles. The molecule has 0 saturated heterocycles. The van der Waals surface area contributed by atoms with E-state index in [1.807, 2.05) is 33.7 Å². The van der Waals surface area contributed by atoms with E-state index in [4.69, 9.17) is 4.74 Å². The second-order valence-corrected chi connectivity index (χ2v) is 12.1. The van der Waals surface area contributed by atoms with Crippen molar-refractivity contribution in [2.24, 2.45) is 5.92 Å². The van der Waals surface area contributed by atoms with Gasteiger partial charge in [-0.15, -0.1) is 0 Å². The molecule has 0 aliphatic heterocycles. The lowest BCUT2D eigenvalue weighted by molar-refractivity contribution is -0.384. The maximum absolute atomic E-state index is 14.0. The van der Waals surface area contributed by atoms with E-state index in [0.29, 0.717) is 43.1 Å². The van der Waals surface area contributed by atoms with Crippen molar-refractivity contribution in [3.8, 4) is 5.75 Å². The van der Waals surface area contributed by atoms with Crippen LogP contribution in [0.4, 0.5) is 5.69 Å². The van der Waals surface area contributed by atoms with Crippen LogP contribution in [0.15, 0.2) is 104 Å². The highest BCUT2D eigenvalue weighted by Gasteiger charge is 2.24. The molecule has 0 radical (unpaired) electrons. The van der Waals surface area contributed by atoms with Gasteiger partial charge in [0.05, 0.1) is 24.8 Å². The lowest BCUT2D eigenvalue weighted by Gasteiger charge is -2.30. The molecule has 0 unspecified atom stereocenters. The maximum Gasteiger partial charge on any atom is 0.269 e. The minimum atomic E-state index is -0.432. The van der Waals surface area contributed by atoms with Gasteiger partial charge in [0.25, 0.3) is 11.6 Å². The summed E-state index contributed by atoms with van der Waals surface area (Å²) in [5.74, 6) is 0.622. The second kappa shape index (κ2) is 15.2. The van der Waals surface area contributed by atoms with E-state index in [0.717, 1.165) is 21.9 Å². The lowest BCUT2D eigenvalue weighted by Crippen LogP contribution is -2.46. The topological polar surface area (TPSA) is 120 Å². The maximum atomic E-state index is 14.0. The van der Waals surface area contributed by atoms with Crippen LogP contribution in [0, 0.1) is 16.0 Å². The molecule has 10 nitrogen and oxygen atoms in total. The number of hydrogen-bond acceptors (Lipinski definition) is 6. The van der Waals surface area contributed by atoms with Crippen molar-refractivity contribution in [2.75, 3.05) is 13.7 Å². The average Bonchev–Trinajstić information content (AvgIpc) is 3.49. The van der Waals surface area contributed by atoms with Crippen LogP contribution in [-0.2, 0) is 24.3 Å². The number of ether oxygens (including phenoxy) is 1. The van der Waals surface area contributed by atoms with Crippen LogP contribution in [0.5, 0.6) is 5.75 Å². The molecule has 0 spiro atoms. The number of fused-ring (bicyclic) bond motifs is 1. The van der Waals surface area contributed by atoms with Crippen molar-refractivity contribution in [3.63, 3.8) is 0 Å². The van der Waals surface area contributed by atoms with E-state index in [1.165, 1.54) is 12.1 Å². The highest BCUT2D eigenvalue weighted by Crippen LogP contribution is 2.23. The number of nitrogens with zero attached hydrogens (tertiary/aromatic N) is 4. The first-order chi connectivity index (χ1) is 22.7. The molecule has 10 heteroatoms. The zero-order valence-electron chi connectivity index (χ0n) is 26.8. The SMILES string of the molecule is COc1ccc(C(=O)N(Cc2cccc3ccccc23)C[C@H](CC(C)C)NC(=O)Cc2cncn2Cc2ccc([N+](=O)[O-])cc2)cc1. The number of carbonyl (C=O) groups excluding carboxylic acids is 2. The van der Waals surface area contributed by atoms with Gasteiger partial charge in [0.1, 0.15) is 5.75 Å². The van der Waals surface area contributed by atoms with Crippen LogP contribution in [0.3, 0.4) is 0 Å². The fourth-order valence-corrected chi connectivity index (χ4v) is 5.79. The Bertz CT molecular complexity index is 1830. The van der Waals surface area contributed by atoms with Crippen LogP contribution in [-0.4, -0.2) is 50.9 Å². The third-order valence-corrected chi connectivity index (χ3v) is 8.07. The molecule has 0 aliphatic rings. The summed E-state index contributed by atoms with van der Waals surface area (Å²) in [6.07, 6.45) is 4.07. The van der Waals surface area contributed by atoms with Crippen molar-refractivity contribution >= 4 is 28.3 Å². The Balaban J connectivity index is 1.35. The first-order valence-corrected chi connectivity index (χ1v) is 15.6. The van der Waals surface area contributed by atoms with E-state index in [1.54, 1.807) is 56.0 Å². The van der Waals surface area contributed by atoms with Gasteiger partial charge in [0, 0.05) is 55.3 Å². The molecular formula is C37H39N5O5. The first-order valence-electron chi connectivity index (χ1n) is 15.6. The summed E-state index contributed by atoms with van der Waals surface area (Å²) in [6, 6.07) is 27.3. The number of amides is 2. The minimum absolute atomic E-state index is 0.0233. The van der Waals surface area contributed by atoms with E-state index in [9.17, 15) is 19.7 Å². The van der Waals surface area contributed by atoms with Gasteiger partial charge in [-0.1, -0.05) is 68.4 Å². The largest absolute Gasteiger partial charge is 0.497 e. The summed E-state index contributed by atoms with van der Waals surface area (Å²) >= 11 is 0. The van der Waals surface area contributed by atoms with Gasteiger partial charge in [0.15, 0.2) is 0 Å². The van der Waals surface area contributed by atoms with Crippen LogP contribution in [0.1, 0.15) is 47.4 Å². The molecular weight excluding hydrogens is 594 g/mol. The Morgan fingerprint density at radius 1 is 0.979 bits per heavy atom. The molecule has 47 heavy (non-hydrogen) atoms. The standard InChI is InChI=1S/C37H39N5O5/c1-26(2)19-31(39-36(43)20-33-21-38-25-41(33)22-27-11-15-32(16-12-27)42(45)46)24-40(37(44)29-13-17-34(47-3)18-14-29)23-30-9-6-8-28-7-4-5-10-35(28)30/h4-18,21,25-26,31H,19-20,22-24H2,1-3H3,(H,39,43)/t31-/m0/s1. The number of nitro groups is 1. The molecule has 1 heterocycles. The number of carbonyl (C=O) groups is 2. The number of rotatable bonds is 14. The van der Waals surface area contributed by atoms with Gasteiger partial charge in [-0.05, 0) is 58.5 Å². The molecule has 4 aromatic carbocycles. The predicted molar refractivity (Wildman–Crippen MR) is 181 cm³/mol. The van der Waals surface area contributed by atoms with Crippen LogP contribution in [0.25, 0.3) is 10.8 Å². The third kappa shape index (κ3) is 8.61. The molecule has 0 bridgehead atoms. The van der Waals surface area contributed by atoms with Crippen LogP contribution >= 0.6 is 0 Å². The van der Waals surface area contributed by atoms with Gasteiger partial charge in [-0.25, -0.2) is 4.98 Å². The molecule has 2 amide bonds. The van der Waals surface area contributed by atoms with E-state index < -0.39 is 4.92 Å². The van der Waals surface area contributed by atoms with Crippen molar-refractivity contribution < 1.29 is 19.2 Å². The number of imidazole rings is 1. The fourth-order valence-electron chi connectivity index (χ4n) is 5.79. The van der Waals surface area contributed by atoms with E-state index in [-0.39, 0.29) is 35.9 Å². The third-order valence-electron chi connectivity index (χ3n) is 8.07. The Hall–Kier alpha value is -5.51. The summed E-state index contributed by atoms with van der Waals surface area (Å²) in [7, 11) is 1.59. The van der Waals surface area contributed by atoms with Crippen molar-refractivity contribution in [1.29, 1.82) is 0 Å². The zero-order chi connectivity index (χ0) is 33.3. The fraction of sp³-hybridized carbons (Fsp3) is 0.270. The molecule has 1 N–H and O–H groups in total. The molecule has 5 rings (SSSR count). The highest BCUT2D eigenvalue weighted by molar-refractivity contribution is 5.95. The average molecular weight is 634 g/mol. The normalized spacial score (nSPS) is 11.7. The van der Waals surface area contributed by atoms with Gasteiger partial charge in [-0.2, -0.15) is 0 Å². The van der Waals surface area contributed by atoms with Gasteiger partial charge < -0.3 is 19.5 Å². The molecule has 5 aromatic rings. The number of aromatic nitrogens is 2. The Morgan fingerprint density at radius 3 is 2.40 bits per heavy atom. The lowest BCUT2D eigenvalue weighted by atomic mass is 10.0. The molecule has 0 fully saturated rings. The van der Waals surface area contributed by atoms with Gasteiger partial charge in [0.2, 0.25) is 5.91 Å². The molecule has 1 aromatic heterocycles. The minimum Gasteiger partial charge on any atom is -0.497 e. The zero-order valence-corrected chi connectivity index (χ0v) is 26.8. The Labute approximate surface area is 274 Å². The summed E-state index contributed by atoms with van der Waals surface area (Å²) in [6.45, 7) is 5.31. The number of benzene rings is 4. The Kier molecular flexibility index (Phi) is 10.6. The van der Waals surface area contributed by atoms with Gasteiger partial charge in [-0.3, -0.25) is 19.7 Å². The summed E-state index contributed by atoms with van der Waals surface area (Å²) in [5, 5.41) is 16.4. The smallest absolute Gasteiger partial charge is 0.269 e. The monoisotopic (exact) mass is 633 g/mol. The number of nitro benzene ring substituents is 1. The second-order valence-electron chi connectivity index (χ2n) is 12.1. The van der Waals surface area contributed by atoms with E-state index >= 15 is 0 Å². The quantitative estimate of drug-likeness (QED) is 0.111. The summed E-state index contributed by atoms with van der Waals surface area (Å²) in [5.41, 5.74) is 3.15. The summed E-state index contributed by atoms with van der Waals surface area (Å²) < 4.78 is 7.16. The number of hydrogen-bond donors (Lipinski definition) is 1. The van der Waals surface area contributed by atoms with Crippen molar-refractivity contribution in [3.05, 3.63) is 136 Å². The predicted octanol–water partition coefficient (Wildman–Crippen LogP) is 6.42. The molecule has 0 saturated carbocycles. The van der Waals surface area contributed by atoms with Crippen molar-refractivity contribution in [2.45, 2.75) is 45.8 Å². The first kappa shape index (κ1) is 32.9. The molecule has 1 atom stereocenters. The number of nitrogens with one attached hydrogen (secondary N) is 1. The summed E-state index contributed by atoms with van der Waals surface area (Å²) in [4.78, 5) is 44.2. The molecule has 242 valence electrons. The van der Waals surface area contributed by atoms with E-state index in [2.05, 4.69) is 42.3 Å². The number of non-ortho nitro benzene ring substituents is 1. The Morgan fingerprint density at radius 2 is 1.70 bits per heavy atom. The van der Waals surface area contributed by atoms with Crippen LogP contribution in [0.2, 0.25) is 0 Å².